The molecule has 1 aromatic rings. The summed E-state index contributed by atoms with van der Waals surface area (Å²) in [5.41, 5.74) is 0.446. The van der Waals surface area contributed by atoms with E-state index in [0.717, 1.165) is 0 Å². The molecular formula is C17H28F3IN4O2. The first-order valence-corrected chi connectivity index (χ1v) is 8.17. The highest BCUT2D eigenvalue weighted by Gasteiger charge is 2.29. The van der Waals surface area contributed by atoms with Crippen molar-refractivity contribution < 1.29 is 22.6 Å². The first kappa shape index (κ1) is 25.7. The zero-order valence-electron chi connectivity index (χ0n) is 16.2. The molecule has 1 aromatic heterocycles. The van der Waals surface area contributed by atoms with Crippen LogP contribution in [0.3, 0.4) is 0 Å². The minimum absolute atomic E-state index is 0. The van der Waals surface area contributed by atoms with E-state index in [-0.39, 0.29) is 47.9 Å². The van der Waals surface area contributed by atoms with E-state index in [1.54, 1.807) is 26.3 Å². The maximum Gasteiger partial charge on any atom is 0.422 e. The molecule has 0 fully saturated rings. The first-order valence-electron chi connectivity index (χ1n) is 8.17. The quantitative estimate of drug-likeness (QED) is 0.339. The molecule has 0 radical (unpaired) electrons. The van der Waals surface area contributed by atoms with Gasteiger partial charge in [0.05, 0.1) is 6.10 Å². The predicted octanol–water partition coefficient (Wildman–Crippen LogP) is 3.37. The highest BCUT2D eigenvalue weighted by Crippen LogP contribution is 2.21. The third-order valence-corrected chi connectivity index (χ3v) is 3.60. The summed E-state index contributed by atoms with van der Waals surface area (Å²) in [6.45, 7) is 5.57. The van der Waals surface area contributed by atoms with Crippen LogP contribution in [-0.4, -0.2) is 50.5 Å². The van der Waals surface area contributed by atoms with Crippen molar-refractivity contribution in [1.29, 1.82) is 0 Å². The predicted molar refractivity (Wildman–Crippen MR) is 110 cm³/mol. The molecule has 0 saturated heterocycles. The second-order valence-electron chi connectivity index (χ2n) is 6.77. The van der Waals surface area contributed by atoms with Crippen molar-refractivity contribution in [3.8, 4) is 5.88 Å². The molecule has 0 aliphatic heterocycles. The van der Waals surface area contributed by atoms with Crippen LogP contribution in [0.25, 0.3) is 0 Å². The van der Waals surface area contributed by atoms with Gasteiger partial charge in [-0.25, -0.2) is 4.98 Å². The van der Waals surface area contributed by atoms with Gasteiger partial charge in [-0.2, -0.15) is 13.2 Å². The lowest BCUT2D eigenvalue weighted by Gasteiger charge is -2.30. The van der Waals surface area contributed by atoms with Crippen LogP contribution in [0.15, 0.2) is 23.3 Å². The van der Waals surface area contributed by atoms with Crippen molar-refractivity contribution in [3.63, 3.8) is 0 Å². The van der Waals surface area contributed by atoms with Crippen molar-refractivity contribution in [1.82, 2.24) is 15.6 Å². The summed E-state index contributed by atoms with van der Waals surface area (Å²) in [5, 5.41) is 6.18. The van der Waals surface area contributed by atoms with Gasteiger partial charge >= 0.3 is 6.18 Å². The van der Waals surface area contributed by atoms with Gasteiger partial charge in [0.1, 0.15) is 0 Å². The van der Waals surface area contributed by atoms with Gasteiger partial charge in [0.2, 0.25) is 5.88 Å². The lowest BCUT2D eigenvalue weighted by atomic mass is 9.89. The fraction of sp³-hybridized carbons (Fsp3) is 0.647. The van der Waals surface area contributed by atoms with Crippen LogP contribution in [0.1, 0.15) is 26.3 Å². The molecule has 0 amide bonds. The number of aliphatic imine (C=N–C) groups is 1. The minimum Gasteiger partial charge on any atom is -0.468 e. The van der Waals surface area contributed by atoms with Crippen LogP contribution in [-0.2, 0) is 11.3 Å². The summed E-state index contributed by atoms with van der Waals surface area (Å²) < 4.78 is 47.3. The Morgan fingerprint density at radius 1 is 1.26 bits per heavy atom. The van der Waals surface area contributed by atoms with Crippen molar-refractivity contribution >= 4 is 29.9 Å². The topological polar surface area (TPSA) is 67.8 Å². The molecule has 6 nitrogen and oxygen atoms in total. The Kier molecular flexibility index (Phi) is 11.0. The Balaban J connectivity index is 0.00000676. The van der Waals surface area contributed by atoms with Gasteiger partial charge in [0.15, 0.2) is 12.6 Å². The molecule has 0 aliphatic carbocycles. The van der Waals surface area contributed by atoms with Crippen molar-refractivity contribution in [2.45, 2.75) is 39.6 Å². The monoisotopic (exact) mass is 504 g/mol. The SMILES string of the molecule is CN=C(NCc1cccnc1OCC(F)(F)F)NCC(OC)C(C)(C)C.I. The molecule has 0 aromatic carbocycles. The number of hydrogen-bond acceptors (Lipinski definition) is 4. The van der Waals surface area contributed by atoms with Crippen LogP contribution < -0.4 is 15.4 Å². The van der Waals surface area contributed by atoms with Gasteiger partial charge in [0.25, 0.3) is 0 Å². The van der Waals surface area contributed by atoms with Crippen LogP contribution >= 0.6 is 24.0 Å². The number of nitrogens with zero attached hydrogens (tertiary/aromatic N) is 2. The van der Waals surface area contributed by atoms with Crippen LogP contribution in [0.5, 0.6) is 5.88 Å². The summed E-state index contributed by atoms with van der Waals surface area (Å²) in [6.07, 6.45) is -3.07. The lowest BCUT2D eigenvalue weighted by Crippen LogP contribution is -2.45. The molecule has 10 heteroatoms. The van der Waals surface area contributed by atoms with E-state index in [0.29, 0.717) is 18.1 Å². The first-order chi connectivity index (χ1) is 12.1. The summed E-state index contributed by atoms with van der Waals surface area (Å²) in [6, 6.07) is 3.28. The third kappa shape index (κ3) is 9.99. The number of aromatic nitrogens is 1. The average Bonchev–Trinajstić information content (AvgIpc) is 2.55. The Labute approximate surface area is 175 Å². The van der Waals surface area contributed by atoms with Crippen molar-refractivity contribution in [3.05, 3.63) is 23.9 Å². The molecule has 0 bridgehead atoms. The van der Waals surface area contributed by atoms with Crippen LogP contribution in [0, 0.1) is 5.41 Å². The number of methoxy groups -OCH3 is 1. The molecule has 2 N–H and O–H groups in total. The number of nitrogens with one attached hydrogen (secondary N) is 2. The highest BCUT2D eigenvalue weighted by molar-refractivity contribution is 14.0. The number of alkyl halides is 3. The zero-order valence-corrected chi connectivity index (χ0v) is 18.5. The van der Waals surface area contributed by atoms with E-state index >= 15 is 0 Å². The second-order valence-corrected chi connectivity index (χ2v) is 6.77. The average molecular weight is 504 g/mol. The summed E-state index contributed by atoms with van der Waals surface area (Å²) in [5.74, 6) is 0.444. The van der Waals surface area contributed by atoms with Crippen molar-refractivity contribution in [2.75, 3.05) is 27.3 Å². The Morgan fingerprint density at radius 3 is 2.44 bits per heavy atom. The molecule has 156 valence electrons. The van der Waals surface area contributed by atoms with Gasteiger partial charge < -0.3 is 20.1 Å². The van der Waals surface area contributed by atoms with Crippen molar-refractivity contribution in [2.24, 2.45) is 10.4 Å². The van der Waals surface area contributed by atoms with E-state index in [1.807, 2.05) is 0 Å². The van der Waals surface area contributed by atoms with E-state index in [1.165, 1.54) is 6.20 Å². The van der Waals surface area contributed by atoms with Gasteiger partial charge in [-0.1, -0.05) is 26.8 Å². The number of guanidine groups is 1. The van der Waals surface area contributed by atoms with E-state index in [9.17, 15) is 13.2 Å². The number of rotatable bonds is 7. The Morgan fingerprint density at radius 2 is 1.93 bits per heavy atom. The molecule has 0 aliphatic rings. The van der Waals surface area contributed by atoms with E-state index in [4.69, 9.17) is 9.47 Å². The van der Waals surface area contributed by atoms with Gasteiger partial charge in [-0.05, 0) is 11.5 Å². The summed E-state index contributed by atoms with van der Waals surface area (Å²) >= 11 is 0. The summed E-state index contributed by atoms with van der Waals surface area (Å²) in [7, 11) is 3.26. The molecule has 1 heterocycles. The molecule has 27 heavy (non-hydrogen) atoms. The van der Waals surface area contributed by atoms with Gasteiger partial charge in [-0.15, -0.1) is 24.0 Å². The lowest BCUT2D eigenvalue weighted by molar-refractivity contribution is -0.154. The second kappa shape index (κ2) is 11.5. The fourth-order valence-corrected chi connectivity index (χ4v) is 2.17. The van der Waals surface area contributed by atoms with Gasteiger partial charge in [-0.3, -0.25) is 4.99 Å². The largest absolute Gasteiger partial charge is 0.468 e. The molecular weight excluding hydrogens is 476 g/mol. The highest BCUT2D eigenvalue weighted by atomic mass is 127. The molecule has 0 spiro atoms. The zero-order chi connectivity index (χ0) is 19.8. The number of halogens is 4. The smallest absolute Gasteiger partial charge is 0.422 e. The molecule has 0 saturated carbocycles. The number of ether oxygens (including phenoxy) is 2. The molecule has 1 rings (SSSR count). The Hall–Kier alpha value is -1.30. The van der Waals surface area contributed by atoms with Crippen LogP contribution in [0.4, 0.5) is 13.2 Å². The van der Waals surface area contributed by atoms with E-state index < -0.39 is 12.8 Å². The Bertz CT molecular complexity index is 592. The standard InChI is InChI=1S/C17H27F3N4O2.HI/c1-16(2,3)13(25-5)10-24-15(21-4)23-9-12-7-6-8-22-14(12)26-11-17(18,19)20;/h6-8,13H,9-11H2,1-5H3,(H2,21,23,24);1H. The fourth-order valence-electron chi connectivity index (χ4n) is 2.17. The van der Waals surface area contributed by atoms with Gasteiger partial charge in [0, 0.05) is 39.0 Å². The minimum atomic E-state index is -4.41. The number of hydrogen-bond donors (Lipinski definition) is 2. The normalized spacial score (nSPS) is 13.6. The maximum atomic E-state index is 12.3. The third-order valence-electron chi connectivity index (χ3n) is 3.60. The van der Waals surface area contributed by atoms with E-state index in [2.05, 4.69) is 41.4 Å². The molecule has 1 atom stereocenters. The summed E-state index contributed by atoms with van der Waals surface area (Å²) in [4.78, 5) is 7.97. The maximum absolute atomic E-state index is 12.3. The molecule has 1 unspecified atom stereocenters. The number of pyridine rings is 1. The van der Waals surface area contributed by atoms with Crippen LogP contribution in [0.2, 0.25) is 0 Å².